The number of aromatic nitrogens is 1. The van der Waals surface area contributed by atoms with Crippen LogP contribution in [0.4, 0.5) is 17.1 Å². The molecule has 1 N–H and O–H groups in total. The van der Waals surface area contributed by atoms with E-state index in [0.29, 0.717) is 5.56 Å². The van der Waals surface area contributed by atoms with Gasteiger partial charge in [-0.15, -0.1) is 0 Å². The minimum atomic E-state index is -0.138. The predicted octanol–water partition coefficient (Wildman–Crippen LogP) is 4.64. The topological polar surface area (TPSA) is 45.2 Å². The lowest BCUT2D eigenvalue weighted by Crippen LogP contribution is -2.17. The Bertz CT molecular complexity index is 981. The maximum absolute atomic E-state index is 12.7. The second kappa shape index (κ2) is 6.64. The maximum Gasteiger partial charge on any atom is 0.257 e. The van der Waals surface area contributed by atoms with Crippen molar-refractivity contribution in [1.82, 2.24) is 4.98 Å². The summed E-state index contributed by atoms with van der Waals surface area (Å²) < 4.78 is 0. The lowest BCUT2D eigenvalue weighted by atomic mass is 10.1. The van der Waals surface area contributed by atoms with E-state index in [1.54, 1.807) is 6.20 Å². The van der Waals surface area contributed by atoms with Crippen LogP contribution in [0.5, 0.6) is 0 Å². The van der Waals surface area contributed by atoms with Crippen molar-refractivity contribution in [2.45, 2.75) is 20.3 Å². The number of amides is 1. The average molecular weight is 343 g/mol. The van der Waals surface area contributed by atoms with E-state index in [2.05, 4.69) is 33.4 Å². The fourth-order valence-electron chi connectivity index (χ4n) is 3.37. The number of nitrogens with one attached hydrogen (secondary N) is 1. The molecule has 2 aromatic carbocycles. The standard InChI is InChI=1S/C22H21N3O/c1-15-7-8-16(2)20(11-15)24-22(26)18-12-19(14-23-13-18)25-10-9-17-5-3-4-6-21(17)25/h3-8,11-14H,9-10H2,1-2H3,(H,24,26). The molecule has 3 aromatic rings. The molecule has 0 bridgehead atoms. The van der Waals surface area contributed by atoms with E-state index in [-0.39, 0.29) is 5.91 Å². The summed E-state index contributed by atoms with van der Waals surface area (Å²) in [6.45, 7) is 4.91. The summed E-state index contributed by atoms with van der Waals surface area (Å²) in [5.74, 6) is -0.138. The van der Waals surface area contributed by atoms with E-state index in [1.165, 1.54) is 11.3 Å². The molecule has 130 valence electrons. The summed E-state index contributed by atoms with van der Waals surface area (Å²) in [4.78, 5) is 19.2. The molecule has 0 radical (unpaired) electrons. The van der Waals surface area contributed by atoms with Gasteiger partial charge >= 0.3 is 0 Å². The zero-order chi connectivity index (χ0) is 18.1. The van der Waals surface area contributed by atoms with Gasteiger partial charge in [-0.25, -0.2) is 0 Å². The van der Waals surface area contributed by atoms with Crippen molar-refractivity contribution in [3.05, 3.63) is 83.2 Å². The summed E-state index contributed by atoms with van der Waals surface area (Å²) in [6, 6.07) is 16.3. The van der Waals surface area contributed by atoms with Gasteiger partial charge in [0.25, 0.3) is 5.91 Å². The number of carbonyl (C=O) groups excluding carboxylic acids is 1. The van der Waals surface area contributed by atoms with Crippen molar-refractivity contribution in [1.29, 1.82) is 0 Å². The number of rotatable bonds is 3. The molecule has 0 atom stereocenters. The van der Waals surface area contributed by atoms with Gasteiger partial charge in [-0.1, -0.05) is 30.3 Å². The highest BCUT2D eigenvalue weighted by atomic mass is 16.1. The molecule has 1 aromatic heterocycles. The highest BCUT2D eigenvalue weighted by Gasteiger charge is 2.21. The van der Waals surface area contributed by atoms with Crippen LogP contribution in [0.1, 0.15) is 27.0 Å². The number of pyridine rings is 1. The largest absolute Gasteiger partial charge is 0.340 e. The van der Waals surface area contributed by atoms with E-state index >= 15 is 0 Å². The molecule has 0 aliphatic carbocycles. The summed E-state index contributed by atoms with van der Waals surface area (Å²) in [5, 5.41) is 3.01. The van der Waals surface area contributed by atoms with Crippen LogP contribution in [0.15, 0.2) is 60.9 Å². The SMILES string of the molecule is Cc1ccc(C)c(NC(=O)c2cncc(N3CCc4ccccc43)c2)c1. The van der Waals surface area contributed by atoms with Crippen molar-refractivity contribution < 1.29 is 4.79 Å². The molecule has 26 heavy (non-hydrogen) atoms. The molecule has 4 nitrogen and oxygen atoms in total. The Balaban J connectivity index is 1.60. The summed E-state index contributed by atoms with van der Waals surface area (Å²) >= 11 is 0. The maximum atomic E-state index is 12.7. The number of hydrogen-bond acceptors (Lipinski definition) is 3. The van der Waals surface area contributed by atoms with Crippen molar-refractivity contribution in [2.24, 2.45) is 0 Å². The molecule has 0 unspecified atom stereocenters. The smallest absolute Gasteiger partial charge is 0.257 e. The highest BCUT2D eigenvalue weighted by Crippen LogP contribution is 2.34. The number of aryl methyl sites for hydroxylation is 2. The first-order valence-electron chi connectivity index (χ1n) is 8.81. The summed E-state index contributed by atoms with van der Waals surface area (Å²) in [6.07, 6.45) is 4.44. The Morgan fingerprint density at radius 3 is 2.81 bits per heavy atom. The zero-order valence-electron chi connectivity index (χ0n) is 15.0. The van der Waals surface area contributed by atoms with E-state index in [4.69, 9.17) is 0 Å². The number of benzene rings is 2. The number of nitrogens with zero attached hydrogens (tertiary/aromatic N) is 2. The third-order valence-electron chi connectivity index (χ3n) is 4.83. The molecule has 0 spiro atoms. The van der Waals surface area contributed by atoms with Crippen molar-refractivity contribution >= 4 is 23.0 Å². The van der Waals surface area contributed by atoms with Crippen LogP contribution in [0.3, 0.4) is 0 Å². The van der Waals surface area contributed by atoms with Crippen LogP contribution in [0, 0.1) is 13.8 Å². The molecule has 4 heteroatoms. The minimum Gasteiger partial charge on any atom is -0.340 e. The lowest BCUT2D eigenvalue weighted by molar-refractivity contribution is 0.102. The molecular formula is C22H21N3O. The molecule has 4 rings (SSSR count). The fraction of sp³-hybridized carbons (Fsp3) is 0.182. The number of hydrogen-bond donors (Lipinski definition) is 1. The van der Waals surface area contributed by atoms with Gasteiger partial charge < -0.3 is 10.2 Å². The number of anilines is 3. The van der Waals surface area contributed by atoms with E-state index in [9.17, 15) is 4.79 Å². The fourth-order valence-corrected chi connectivity index (χ4v) is 3.37. The van der Waals surface area contributed by atoms with Gasteiger partial charge in [-0.3, -0.25) is 9.78 Å². The Labute approximate surface area is 153 Å². The monoisotopic (exact) mass is 343 g/mol. The highest BCUT2D eigenvalue weighted by molar-refractivity contribution is 6.05. The summed E-state index contributed by atoms with van der Waals surface area (Å²) in [7, 11) is 0. The minimum absolute atomic E-state index is 0.138. The quantitative estimate of drug-likeness (QED) is 0.753. The van der Waals surface area contributed by atoms with Gasteiger partial charge in [0, 0.05) is 24.1 Å². The average Bonchev–Trinajstić information content (AvgIpc) is 3.09. The van der Waals surface area contributed by atoms with Crippen LogP contribution >= 0.6 is 0 Å². The van der Waals surface area contributed by atoms with E-state index in [0.717, 1.165) is 35.5 Å². The zero-order valence-corrected chi connectivity index (χ0v) is 15.0. The van der Waals surface area contributed by atoms with E-state index < -0.39 is 0 Å². The first-order chi connectivity index (χ1) is 12.6. The van der Waals surface area contributed by atoms with Gasteiger partial charge in [0.1, 0.15) is 0 Å². The number of carbonyl (C=O) groups is 1. The second-order valence-electron chi connectivity index (χ2n) is 6.73. The first-order valence-corrected chi connectivity index (χ1v) is 8.81. The van der Waals surface area contributed by atoms with Gasteiger partial charge in [0.05, 0.1) is 17.4 Å². The van der Waals surface area contributed by atoms with Crippen LogP contribution in [-0.4, -0.2) is 17.4 Å². The Morgan fingerprint density at radius 1 is 1.08 bits per heavy atom. The number of para-hydroxylation sites is 1. The lowest BCUT2D eigenvalue weighted by Gasteiger charge is -2.19. The molecular weight excluding hydrogens is 322 g/mol. The third-order valence-corrected chi connectivity index (χ3v) is 4.83. The van der Waals surface area contributed by atoms with Gasteiger partial charge in [-0.2, -0.15) is 0 Å². The molecule has 2 heterocycles. The molecule has 1 amide bonds. The first kappa shape index (κ1) is 16.3. The van der Waals surface area contributed by atoms with Gasteiger partial charge in [-0.05, 0) is 55.2 Å². The normalized spacial score (nSPS) is 12.8. The molecule has 0 saturated heterocycles. The Kier molecular flexibility index (Phi) is 4.17. The van der Waals surface area contributed by atoms with Crippen LogP contribution < -0.4 is 10.2 Å². The van der Waals surface area contributed by atoms with Crippen LogP contribution in [-0.2, 0) is 6.42 Å². The van der Waals surface area contributed by atoms with E-state index in [1.807, 2.05) is 50.4 Å². The van der Waals surface area contributed by atoms with Crippen molar-refractivity contribution in [2.75, 3.05) is 16.8 Å². The molecule has 0 fully saturated rings. The van der Waals surface area contributed by atoms with Crippen molar-refractivity contribution in [3.8, 4) is 0 Å². The Morgan fingerprint density at radius 2 is 1.92 bits per heavy atom. The number of fused-ring (bicyclic) bond motifs is 1. The Hall–Kier alpha value is -3.14. The summed E-state index contributed by atoms with van der Waals surface area (Å²) in [5.41, 5.74) is 7.04. The molecule has 0 saturated carbocycles. The van der Waals surface area contributed by atoms with Gasteiger partial charge in [0.2, 0.25) is 0 Å². The van der Waals surface area contributed by atoms with Crippen LogP contribution in [0.25, 0.3) is 0 Å². The van der Waals surface area contributed by atoms with Crippen LogP contribution in [0.2, 0.25) is 0 Å². The second-order valence-corrected chi connectivity index (χ2v) is 6.73. The molecule has 1 aliphatic rings. The van der Waals surface area contributed by atoms with Gasteiger partial charge in [0.15, 0.2) is 0 Å². The van der Waals surface area contributed by atoms with Crippen molar-refractivity contribution in [3.63, 3.8) is 0 Å². The molecule has 1 aliphatic heterocycles. The third kappa shape index (κ3) is 3.06. The predicted molar refractivity (Wildman–Crippen MR) is 105 cm³/mol.